The van der Waals surface area contributed by atoms with Gasteiger partial charge in [0.25, 0.3) is 0 Å². The van der Waals surface area contributed by atoms with E-state index in [4.69, 9.17) is 4.74 Å². The summed E-state index contributed by atoms with van der Waals surface area (Å²) in [5, 5.41) is 3.13. The first-order valence-corrected chi connectivity index (χ1v) is 5.88. The Morgan fingerprint density at radius 1 is 1.41 bits per heavy atom. The average molecular weight is 233 g/mol. The van der Waals surface area contributed by atoms with Gasteiger partial charge in [-0.2, -0.15) is 4.98 Å². The van der Waals surface area contributed by atoms with Crippen LogP contribution in [0.1, 0.15) is 32.4 Å². The standard InChI is InChI=1S/C13H19N3O/c1-4-6-7-8-14-13-15-11(3)10-12(16-13)17-9-5-2/h10H,5,7-9H2,1-3H3,(H,14,15,16). The van der Waals surface area contributed by atoms with Gasteiger partial charge in [-0.05, 0) is 20.3 Å². The van der Waals surface area contributed by atoms with Gasteiger partial charge >= 0.3 is 0 Å². The van der Waals surface area contributed by atoms with Gasteiger partial charge in [-0.3, -0.25) is 0 Å². The second kappa shape index (κ2) is 7.50. The lowest BCUT2D eigenvalue weighted by Gasteiger charge is -2.07. The van der Waals surface area contributed by atoms with E-state index in [0.717, 1.165) is 25.1 Å². The molecule has 1 rings (SSSR count). The van der Waals surface area contributed by atoms with Crippen molar-refractivity contribution in [2.24, 2.45) is 0 Å². The van der Waals surface area contributed by atoms with Gasteiger partial charge in [-0.1, -0.05) is 6.92 Å². The molecular formula is C13H19N3O. The number of aryl methyl sites for hydroxylation is 1. The Kier molecular flexibility index (Phi) is 5.87. The van der Waals surface area contributed by atoms with Gasteiger partial charge in [0.05, 0.1) is 6.61 Å². The minimum absolute atomic E-state index is 0.606. The Morgan fingerprint density at radius 2 is 2.24 bits per heavy atom. The number of nitrogens with one attached hydrogen (secondary N) is 1. The summed E-state index contributed by atoms with van der Waals surface area (Å²) in [6, 6.07) is 1.84. The van der Waals surface area contributed by atoms with Crippen molar-refractivity contribution in [3.8, 4) is 17.7 Å². The molecule has 0 aliphatic heterocycles. The highest BCUT2D eigenvalue weighted by Gasteiger charge is 2.01. The van der Waals surface area contributed by atoms with Crippen LogP contribution < -0.4 is 10.1 Å². The van der Waals surface area contributed by atoms with Crippen molar-refractivity contribution in [1.29, 1.82) is 0 Å². The van der Waals surface area contributed by atoms with Crippen molar-refractivity contribution in [1.82, 2.24) is 9.97 Å². The van der Waals surface area contributed by atoms with E-state index in [0.29, 0.717) is 18.4 Å². The molecule has 1 aromatic heterocycles. The molecule has 4 nitrogen and oxygen atoms in total. The molecule has 0 saturated carbocycles. The zero-order valence-electron chi connectivity index (χ0n) is 10.7. The summed E-state index contributed by atoms with van der Waals surface area (Å²) in [4.78, 5) is 8.57. The molecule has 0 aliphatic rings. The smallest absolute Gasteiger partial charge is 0.226 e. The molecule has 0 radical (unpaired) electrons. The molecule has 0 aliphatic carbocycles. The van der Waals surface area contributed by atoms with Crippen LogP contribution in [-0.2, 0) is 0 Å². The molecule has 0 unspecified atom stereocenters. The van der Waals surface area contributed by atoms with E-state index in [2.05, 4.69) is 34.0 Å². The average Bonchev–Trinajstić information content (AvgIpc) is 2.31. The van der Waals surface area contributed by atoms with Crippen LogP contribution in [0.3, 0.4) is 0 Å². The van der Waals surface area contributed by atoms with Crippen LogP contribution in [0.5, 0.6) is 5.88 Å². The van der Waals surface area contributed by atoms with Crippen molar-refractivity contribution in [2.45, 2.75) is 33.6 Å². The molecule has 0 bridgehead atoms. The molecule has 0 aromatic carbocycles. The fourth-order valence-electron chi connectivity index (χ4n) is 1.26. The van der Waals surface area contributed by atoms with Crippen LogP contribution >= 0.6 is 0 Å². The van der Waals surface area contributed by atoms with Gasteiger partial charge in [-0.15, -0.1) is 11.8 Å². The molecule has 1 N–H and O–H groups in total. The normalized spacial score (nSPS) is 9.35. The minimum Gasteiger partial charge on any atom is -0.478 e. The summed E-state index contributed by atoms with van der Waals surface area (Å²) in [6.45, 7) is 7.25. The zero-order valence-corrected chi connectivity index (χ0v) is 10.7. The Labute approximate surface area is 103 Å². The lowest BCUT2D eigenvalue weighted by molar-refractivity contribution is 0.305. The van der Waals surface area contributed by atoms with Crippen LogP contribution in [0.25, 0.3) is 0 Å². The molecular weight excluding hydrogens is 214 g/mol. The summed E-state index contributed by atoms with van der Waals surface area (Å²) >= 11 is 0. The molecule has 1 aromatic rings. The predicted octanol–water partition coefficient (Wildman–Crippen LogP) is 2.40. The van der Waals surface area contributed by atoms with Crippen LogP contribution in [0.15, 0.2) is 6.07 Å². The fourth-order valence-corrected chi connectivity index (χ4v) is 1.26. The highest BCUT2D eigenvalue weighted by Crippen LogP contribution is 2.12. The molecule has 0 fully saturated rings. The molecule has 1 heterocycles. The van der Waals surface area contributed by atoms with Gasteiger partial charge in [-0.25, -0.2) is 4.98 Å². The SMILES string of the molecule is CC#CCCNc1nc(C)cc(OCCC)n1. The number of ether oxygens (including phenoxy) is 1. The maximum absolute atomic E-state index is 5.49. The van der Waals surface area contributed by atoms with E-state index in [1.54, 1.807) is 0 Å². The van der Waals surface area contributed by atoms with E-state index >= 15 is 0 Å². The molecule has 17 heavy (non-hydrogen) atoms. The van der Waals surface area contributed by atoms with Crippen LogP contribution in [-0.4, -0.2) is 23.1 Å². The summed E-state index contributed by atoms with van der Waals surface area (Å²) in [7, 11) is 0. The quantitative estimate of drug-likeness (QED) is 0.605. The van der Waals surface area contributed by atoms with E-state index in [1.165, 1.54) is 0 Å². The lowest BCUT2D eigenvalue weighted by atomic mass is 10.4. The van der Waals surface area contributed by atoms with Gasteiger partial charge in [0.2, 0.25) is 11.8 Å². The molecule has 4 heteroatoms. The lowest BCUT2D eigenvalue weighted by Crippen LogP contribution is -2.07. The predicted molar refractivity (Wildman–Crippen MR) is 69.1 cm³/mol. The highest BCUT2D eigenvalue weighted by molar-refractivity contribution is 5.30. The number of nitrogens with zero attached hydrogens (tertiary/aromatic N) is 2. The monoisotopic (exact) mass is 233 g/mol. The van der Waals surface area contributed by atoms with Gasteiger partial charge in [0, 0.05) is 24.7 Å². The fraction of sp³-hybridized carbons (Fsp3) is 0.538. The van der Waals surface area contributed by atoms with Crippen molar-refractivity contribution in [3.63, 3.8) is 0 Å². The summed E-state index contributed by atoms with van der Waals surface area (Å²) in [5.41, 5.74) is 0.898. The second-order valence-corrected chi connectivity index (χ2v) is 3.62. The Hall–Kier alpha value is -1.76. The van der Waals surface area contributed by atoms with Crippen LogP contribution in [0.4, 0.5) is 5.95 Å². The first-order chi connectivity index (χ1) is 8.26. The zero-order chi connectivity index (χ0) is 12.5. The van der Waals surface area contributed by atoms with E-state index < -0.39 is 0 Å². The number of hydrogen-bond donors (Lipinski definition) is 1. The maximum atomic E-state index is 5.49. The summed E-state index contributed by atoms with van der Waals surface area (Å²) < 4.78 is 5.49. The van der Waals surface area contributed by atoms with E-state index in [1.807, 2.05) is 19.9 Å². The minimum atomic E-state index is 0.606. The van der Waals surface area contributed by atoms with E-state index in [-0.39, 0.29) is 0 Å². The molecule has 0 spiro atoms. The number of rotatable bonds is 6. The van der Waals surface area contributed by atoms with Crippen LogP contribution in [0.2, 0.25) is 0 Å². The molecule has 0 saturated heterocycles. The molecule has 0 amide bonds. The third kappa shape index (κ3) is 5.21. The van der Waals surface area contributed by atoms with Gasteiger partial charge in [0.15, 0.2) is 0 Å². The van der Waals surface area contributed by atoms with Crippen molar-refractivity contribution in [3.05, 3.63) is 11.8 Å². The van der Waals surface area contributed by atoms with Crippen LogP contribution in [0, 0.1) is 18.8 Å². The Morgan fingerprint density at radius 3 is 2.94 bits per heavy atom. The Bertz CT molecular complexity index is 407. The third-order valence-electron chi connectivity index (χ3n) is 1.99. The molecule has 0 atom stereocenters. The first-order valence-electron chi connectivity index (χ1n) is 5.88. The van der Waals surface area contributed by atoms with Gasteiger partial charge in [0.1, 0.15) is 0 Å². The van der Waals surface area contributed by atoms with Crippen molar-refractivity contribution >= 4 is 5.95 Å². The largest absolute Gasteiger partial charge is 0.478 e. The Balaban J connectivity index is 2.57. The number of anilines is 1. The topological polar surface area (TPSA) is 47.0 Å². The number of hydrogen-bond acceptors (Lipinski definition) is 4. The van der Waals surface area contributed by atoms with Crippen molar-refractivity contribution in [2.75, 3.05) is 18.5 Å². The van der Waals surface area contributed by atoms with Gasteiger partial charge < -0.3 is 10.1 Å². The second-order valence-electron chi connectivity index (χ2n) is 3.62. The molecule has 92 valence electrons. The van der Waals surface area contributed by atoms with E-state index in [9.17, 15) is 0 Å². The summed E-state index contributed by atoms with van der Waals surface area (Å²) in [6.07, 6.45) is 1.76. The maximum Gasteiger partial charge on any atom is 0.226 e. The summed E-state index contributed by atoms with van der Waals surface area (Å²) in [5.74, 6) is 7.07. The third-order valence-corrected chi connectivity index (χ3v) is 1.99. The highest BCUT2D eigenvalue weighted by atomic mass is 16.5. The first kappa shape index (κ1) is 13.3. The van der Waals surface area contributed by atoms with Crippen molar-refractivity contribution < 1.29 is 4.74 Å². The number of aromatic nitrogens is 2.